The SMILES string of the molecule is CCOc1ccc(/C=C/C(=O)Nc2cccc3cccnc23)cc1. The Kier molecular flexibility index (Phi) is 4.87. The number of ether oxygens (including phenoxy) is 1. The first-order chi connectivity index (χ1) is 11.8. The lowest BCUT2D eigenvalue weighted by Gasteiger charge is -2.06. The summed E-state index contributed by atoms with van der Waals surface area (Å²) in [4.78, 5) is 16.5. The number of nitrogens with one attached hydrogen (secondary N) is 1. The molecule has 1 heterocycles. The van der Waals surface area contributed by atoms with Crippen molar-refractivity contribution >= 4 is 28.6 Å². The zero-order chi connectivity index (χ0) is 16.8. The molecule has 2 aromatic carbocycles. The molecule has 0 bridgehead atoms. The van der Waals surface area contributed by atoms with E-state index < -0.39 is 0 Å². The van der Waals surface area contributed by atoms with Crippen molar-refractivity contribution in [3.63, 3.8) is 0 Å². The average molecular weight is 318 g/mol. The fourth-order valence-corrected chi connectivity index (χ4v) is 2.39. The van der Waals surface area contributed by atoms with Crippen molar-refractivity contribution in [1.82, 2.24) is 4.98 Å². The highest BCUT2D eigenvalue weighted by molar-refractivity contribution is 6.06. The molecule has 120 valence electrons. The molecule has 1 N–H and O–H groups in total. The van der Waals surface area contributed by atoms with Crippen LogP contribution in [-0.4, -0.2) is 17.5 Å². The molecule has 0 saturated carbocycles. The van der Waals surface area contributed by atoms with Gasteiger partial charge in [0, 0.05) is 17.7 Å². The number of carbonyl (C=O) groups excluding carboxylic acids is 1. The van der Waals surface area contributed by atoms with Crippen LogP contribution in [0.15, 0.2) is 66.9 Å². The van der Waals surface area contributed by atoms with Gasteiger partial charge in [0.1, 0.15) is 5.75 Å². The second kappa shape index (κ2) is 7.42. The summed E-state index contributed by atoms with van der Waals surface area (Å²) >= 11 is 0. The maximum Gasteiger partial charge on any atom is 0.248 e. The zero-order valence-electron chi connectivity index (χ0n) is 13.4. The molecule has 1 amide bonds. The van der Waals surface area contributed by atoms with Crippen molar-refractivity contribution in [3.8, 4) is 5.75 Å². The molecule has 0 spiro atoms. The first-order valence-electron chi connectivity index (χ1n) is 7.82. The minimum absolute atomic E-state index is 0.193. The largest absolute Gasteiger partial charge is 0.494 e. The Hall–Kier alpha value is -3.14. The molecule has 0 saturated heterocycles. The number of para-hydroxylation sites is 1. The first kappa shape index (κ1) is 15.7. The summed E-state index contributed by atoms with van der Waals surface area (Å²) in [5, 5.41) is 3.87. The van der Waals surface area contributed by atoms with Crippen LogP contribution in [0.1, 0.15) is 12.5 Å². The van der Waals surface area contributed by atoms with E-state index in [9.17, 15) is 4.79 Å². The van der Waals surface area contributed by atoms with Gasteiger partial charge in [-0.1, -0.05) is 30.3 Å². The number of fused-ring (bicyclic) bond motifs is 1. The number of amides is 1. The number of nitrogens with zero attached hydrogens (tertiary/aromatic N) is 1. The van der Waals surface area contributed by atoms with E-state index in [1.165, 1.54) is 6.08 Å². The van der Waals surface area contributed by atoms with Gasteiger partial charge >= 0.3 is 0 Å². The Morgan fingerprint density at radius 3 is 2.71 bits per heavy atom. The molecule has 3 rings (SSSR count). The molecular weight excluding hydrogens is 300 g/mol. The minimum atomic E-state index is -0.193. The molecule has 0 atom stereocenters. The predicted molar refractivity (Wildman–Crippen MR) is 97.0 cm³/mol. The quantitative estimate of drug-likeness (QED) is 0.714. The van der Waals surface area contributed by atoms with Crippen molar-refractivity contribution in [3.05, 3.63) is 72.4 Å². The van der Waals surface area contributed by atoms with Gasteiger partial charge in [-0.2, -0.15) is 0 Å². The number of rotatable bonds is 5. The number of hydrogen-bond acceptors (Lipinski definition) is 3. The molecule has 3 aromatic rings. The third-order valence-electron chi connectivity index (χ3n) is 3.51. The van der Waals surface area contributed by atoms with Gasteiger partial charge in [-0.3, -0.25) is 9.78 Å². The van der Waals surface area contributed by atoms with Crippen molar-refractivity contribution in [2.45, 2.75) is 6.92 Å². The molecule has 4 heteroatoms. The summed E-state index contributed by atoms with van der Waals surface area (Å²) < 4.78 is 5.40. The highest BCUT2D eigenvalue weighted by Gasteiger charge is 2.04. The second-order valence-corrected chi connectivity index (χ2v) is 5.21. The minimum Gasteiger partial charge on any atom is -0.494 e. The Morgan fingerprint density at radius 2 is 1.92 bits per heavy atom. The topological polar surface area (TPSA) is 51.2 Å². The molecule has 0 aliphatic heterocycles. The lowest BCUT2D eigenvalue weighted by Crippen LogP contribution is -2.08. The van der Waals surface area contributed by atoms with Crippen LogP contribution in [0.5, 0.6) is 5.75 Å². The Balaban J connectivity index is 1.70. The molecule has 0 fully saturated rings. The molecular formula is C20H18N2O2. The Labute approximate surface area is 140 Å². The van der Waals surface area contributed by atoms with Crippen LogP contribution in [0.4, 0.5) is 5.69 Å². The van der Waals surface area contributed by atoms with Crippen LogP contribution in [0.25, 0.3) is 17.0 Å². The van der Waals surface area contributed by atoms with Crippen LogP contribution in [0, 0.1) is 0 Å². The first-order valence-corrected chi connectivity index (χ1v) is 7.82. The van der Waals surface area contributed by atoms with E-state index >= 15 is 0 Å². The highest BCUT2D eigenvalue weighted by Crippen LogP contribution is 2.20. The van der Waals surface area contributed by atoms with E-state index in [1.54, 1.807) is 12.3 Å². The number of hydrogen-bond donors (Lipinski definition) is 1. The summed E-state index contributed by atoms with van der Waals surface area (Å²) in [6, 6.07) is 17.1. The second-order valence-electron chi connectivity index (χ2n) is 5.21. The molecule has 0 aliphatic carbocycles. The molecule has 4 nitrogen and oxygen atoms in total. The molecule has 0 aliphatic rings. The van der Waals surface area contributed by atoms with Gasteiger partial charge in [0.25, 0.3) is 0 Å². The normalized spacial score (nSPS) is 10.9. The van der Waals surface area contributed by atoms with Crippen LogP contribution < -0.4 is 10.1 Å². The standard InChI is InChI=1S/C20H18N2O2/c1-2-24-17-11-8-15(9-12-17)10-13-19(23)22-18-7-3-5-16-6-4-14-21-20(16)18/h3-14H,2H2,1H3,(H,22,23)/b13-10+. The number of aromatic nitrogens is 1. The third kappa shape index (κ3) is 3.79. The summed E-state index contributed by atoms with van der Waals surface area (Å²) in [7, 11) is 0. The zero-order valence-corrected chi connectivity index (χ0v) is 13.4. The predicted octanol–water partition coefficient (Wildman–Crippen LogP) is 4.29. The number of pyridine rings is 1. The molecule has 1 aromatic heterocycles. The van der Waals surface area contributed by atoms with Crippen LogP contribution in [0.3, 0.4) is 0 Å². The van der Waals surface area contributed by atoms with E-state index in [0.29, 0.717) is 12.3 Å². The fraction of sp³-hybridized carbons (Fsp3) is 0.100. The number of benzene rings is 2. The summed E-state index contributed by atoms with van der Waals surface area (Å²) in [6.45, 7) is 2.58. The van der Waals surface area contributed by atoms with Crippen LogP contribution in [-0.2, 0) is 4.79 Å². The van der Waals surface area contributed by atoms with Crippen molar-refractivity contribution in [1.29, 1.82) is 0 Å². The van der Waals surface area contributed by atoms with Gasteiger partial charge < -0.3 is 10.1 Å². The lowest BCUT2D eigenvalue weighted by molar-refractivity contribution is -0.111. The van der Waals surface area contributed by atoms with Gasteiger partial charge in [-0.05, 0) is 42.8 Å². The smallest absolute Gasteiger partial charge is 0.248 e. The van der Waals surface area contributed by atoms with E-state index in [4.69, 9.17) is 4.74 Å². The molecule has 0 unspecified atom stereocenters. The summed E-state index contributed by atoms with van der Waals surface area (Å²) in [6.07, 6.45) is 4.99. The highest BCUT2D eigenvalue weighted by atomic mass is 16.5. The summed E-state index contributed by atoms with van der Waals surface area (Å²) in [5.41, 5.74) is 2.42. The monoisotopic (exact) mass is 318 g/mol. The maximum absolute atomic E-state index is 12.1. The lowest BCUT2D eigenvalue weighted by atomic mass is 10.2. The van der Waals surface area contributed by atoms with Crippen LogP contribution in [0.2, 0.25) is 0 Å². The number of carbonyl (C=O) groups is 1. The van der Waals surface area contributed by atoms with Gasteiger partial charge in [-0.15, -0.1) is 0 Å². The van der Waals surface area contributed by atoms with E-state index in [0.717, 1.165) is 22.2 Å². The summed E-state index contributed by atoms with van der Waals surface area (Å²) in [5.74, 6) is 0.628. The van der Waals surface area contributed by atoms with Crippen molar-refractivity contribution in [2.24, 2.45) is 0 Å². The van der Waals surface area contributed by atoms with E-state index in [-0.39, 0.29) is 5.91 Å². The van der Waals surface area contributed by atoms with Crippen molar-refractivity contribution in [2.75, 3.05) is 11.9 Å². The third-order valence-corrected chi connectivity index (χ3v) is 3.51. The number of anilines is 1. The van der Waals surface area contributed by atoms with Gasteiger partial charge in [0.2, 0.25) is 5.91 Å². The fourth-order valence-electron chi connectivity index (χ4n) is 2.39. The van der Waals surface area contributed by atoms with Crippen LogP contribution >= 0.6 is 0 Å². The van der Waals surface area contributed by atoms with Gasteiger partial charge in [0.15, 0.2) is 0 Å². The van der Waals surface area contributed by atoms with Gasteiger partial charge in [0.05, 0.1) is 17.8 Å². The van der Waals surface area contributed by atoms with Crippen molar-refractivity contribution < 1.29 is 9.53 Å². The Morgan fingerprint density at radius 1 is 1.12 bits per heavy atom. The molecule has 0 radical (unpaired) electrons. The molecule has 24 heavy (non-hydrogen) atoms. The van der Waals surface area contributed by atoms with E-state index in [1.807, 2.05) is 61.5 Å². The van der Waals surface area contributed by atoms with Gasteiger partial charge in [-0.25, -0.2) is 0 Å². The average Bonchev–Trinajstić information content (AvgIpc) is 2.62. The van der Waals surface area contributed by atoms with E-state index in [2.05, 4.69) is 10.3 Å². The maximum atomic E-state index is 12.1. The Bertz CT molecular complexity index is 865.